The number of ether oxygens (including phenoxy) is 2. The summed E-state index contributed by atoms with van der Waals surface area (Å²) < 4.78 is 27.1. The van der Waals surface area contributed by atoms with Crippen molar-refractivity contribution in [2.24, 2.45) is 29.6 Å². The van der Waals surface area contributed by atoms with Gasteiger partial charge in [-0.15, -0.1) is 11.3 Å². The summed E-state index contributed by atoms with van der Waals surface area (Å²) in [6.07, 6.45) is 8.20. The molecule has 1 aromatic heterocycles. The second-order valence-electron chi connectivity index (χ2n) is 12.1. The van der Waals surface area contributed by atoms with E-state index in [1.54, 1.807) is 6.20 Å². The van der Waals surface area contributed by atoms with Crippen LogP contribution in [-0.2, 0) is 19.1 Å². The fourth-order valence-electron chi connectivity index (χ4n) is 7.69. The third kappa shape index (κ3) is 6.40. The summed E-state index contributed by atoms with van der Waals surface area (Å²) in [6.45, 7) is 4.34. The SMILES string of the molecule is CC1(CC(=O)Nc2nccs2)NCCC2CC(OCC3CCCCO3)C(C3CCC(F)C(C(=O)O)C3)CC21. The predicted molar refractivity (Wildman–Crippen MR) is 143 cm³/mol. The quantitative estimate of drug-likeness (QED) is 0.431. The molecule has 10 heteroatoms. The van der Waals surface area contributed by atoms with Crippen molar-refractivity contribution < 1.29 is 28.6 Å². The van der Waals surface area contributed by atoms with E-state index in [1.165, 1.54) is 11.3 Å². The first kappa shape index (κ1) is 27.9. The molecule has 9 atom stereocenters. The monoisotopic (exact) mass is 551 g/mol. The Labute approximate surface area is 228 Å². The molecule has 8 nitrogen and oxygen atoms in total. The van der Waals surface area contributed by atoms with Gasteiger partial charge in [-0.25, -0.2) is 9.37 Å². The van der Waals surface area contributed by atoms with Gasteiger partial charge in [-0.05, 0) is 94.9 Å². The molecule has 1 aromatic rings. The average molecular weight is 552 g/mol. The number of carbonyl (C=O) groups excluding carboxylic acids is 1. The Hall–Kier alpha value is -1.62. The van der Waals surface area contributed by atoms with E-state index in [4.69, 9.17) is 9.47 Å². The fraction of sp³-hybridized carbons (Fsp3) is 0.821. The number of alkyl halides is 1. The molecule has 2 aliphatic heterocycles. The number of rotatable bonds is 8. The van der Waals surface area contributed by atoms with Gasteiger partial charge in [0.2, 0.25) is 5.91 Å². The molecule has 38 heavy (non-hydrogen) atoms. The zero-order valence-electron chi connectivity index (χ0n) is 22.3. The number of hydrogen-bond donors (Lipinski definition) is 3. The first-order chi connectivity index (χ1) is 18.3. The van der Waals surface area contributed by atoms with Crippen molar-refractivity contribution in [3.63, 3.8) is 0 Å². The van der Waals surface area contributed by atoms with Crippen molar-refractivity contribution in [1.82, 2.24) is 10.3 Å². The standard InChI is InChI=1S/C28H42FN3O5S/c1-28(15-25(33)32-27-30-9-11-38-27)22-14-20(17-5-6-23(29)21(12-17)26(34)35)24(13-18(22)7-8-31-28)37-16-19-4-2-3-10-36-19/h9,11,17-24,31H,2-8,10,12-16H2,1H3,(H,34,35)(H,30,32,33). The summed E-state index contributed by atoms with van der Waals surface area (Å²) in [5.41, 5.74) is -0.385. The zero-order chi connectivity index (χ0) is 26.7. The molecule has 0 aromatic carbocycles. The number of aliphatic carboxylic acids is 1. The number of anilines is 1. The van der Waals surface area contributed by atoms with Crippen LogP contribution in [0.4, 0.5) is 9.52 Å². The van der Waals surface area contributed by atoms with Gasteiger partial charge in [-0.1, -0.05) is 0 Å². The van der Waals surface area contributed by atoms with Gasteiger partial charge in [0.1, 0.15) is 6.17 Å². The van der Waals surface area contributed by atoms with Crippen molar-refractivity contribution in [3.8, 4) is 0 Å². The van der Waals surface area contributed by atoms with Gasteiger partial charge in [0, 0.05) is 30.1 Å². The highest BCUT2D eigenvalue weighted by atomic mass is 32.1. The molecule has 1 amide bonds. The van der Waals surface area contributed by atoms with E-state index in [9.17, 15) is 19.1 Å². The molecule has 4 aliphatic rings. The first-order valence-corrected chi connectivity index (χ1v) is 15.2. The van der Waals surface area contributed by atoms with Crippen molar-refractivity contribution in [3.05, 3.63) is 11.6 Å². The van der Waals surface area contributed by atoms with Crippen LogP contribution < -0.4 is 10.6 Å². The van der Waals surface area contributed by atoms with E-state index < -0.39 is 18.1 Å². The van der Waals surface area contributed by atoms with Crippen LogP contribution in [-0.4, -0.2) is 65.6 Å². The zero-order valence-corrected chi connectivity index (χ0v) is 23.1. The van der Waals surface area contributed by atoms with E-state index in [1.807, 2.05) is 5.38 Å². The normalized spacial score (nSPS) is 39.7. The Bertz CT molecular complexity index is 945. The number of halogens is 1. The number of amides is 1. The summed E-state index contributed by atoms with van der Waals surface area (Å²) in [7, 11) is 0. The van der Waals surface area contributed by atoms with Crippen LogP contribution >= 0.6 is 11.3 Å². The van der Waals surface area contributed by atoms with Crippen LogP contribution in [0.25, 0.3) is 0 Å². The second kappa shape index (κ2) is 12.3. The minimum Gasteiger partial charge on any atom is -0.481 e. The number of nitrogens with one attached hydrogen (secondary N) is 2. The molecular formula is C28H42FN3O5S. The van der Waals surface area contributed by atoms with Crippen LogP contribution in [0.3, 0.4) is 0 Å². The topological polar surface area (TPSA) is 110 Å². The van der Waals surface area contributed by atoms with Crippen LogP contribution in [0.15, 0.2) is 11.6 Å². The Balaban J connectivity index is 1.32. The predicted octanol–water partition coefficient (Wildman–Crippen LogP) is 4.66. The molecule has 9 unspecified atom stereocenters. The smallest absolute Gasteiger partial charge is 0.309 e. The third-order valence-electron chi connectivity index (χ3n) is 9.68. The van der Waals surface area contributed by atoms with Gasteiger partial charge >= 0.3 is 5.97 Å². The Morgan fingerprint density at radius 3 is 2.84 bits per heavy atom. The lowest BCUT2D eigenvalue weighted by Crippen LogP contribution is -2.61. The maximum Gasteiger partial charge on any atom is 0.309 e. The molecule has 3 heterocycles. The number of carbonyl (C=O) groups is 2. The molecule has 5 rings (SSSR count). The molecule has 0 spiro atoms. The lowest BCUT2D eigenvalue weighted by molar-refractivity contribution is -0.150. The summed E-state index contributed by atoms with van der Waals surface area (Å²) >= 11 is 1.41. The molecule has 2 aliphatic carbocycles. The van der Waals surface area contributed by atoms with E-state index in [0.717, 1.165) is 51.7 Å². The highest BCUT2D eigenvalue weighted by Gasteiger charge is 2.51. The van der Waals surface area contributed by atoms with Gasteiger partial charge in [0.15, 0.2) is 5.13 Å². The number of fused-ring (bicyclic) bond motifs is 1. The van der Waals surface area contributed by atoms with Crippen molar-refractivity contribution in [1.29, 1.82) is 0 Å². The summed E-state index contributed by atoms with van der Waals surface area (Å²) in [6, 6.07) is 0. The molecule has 4 fully saturated rings. The van der Waals surface area contributed by atoms with Crippen molar-refractivity contribution in [2.45, 2.75) is 95.1 Å². The van der Waals surface area contributed by atoms with Crippen molar-refractivity contribution in [2.75, 3.05) is 25.1 Å². The molecule has 2 saturated heterocycles. The van der Waals surface area contributed by atoms with Gasteiger partial charge in [-0.2, -0.15) is 0 Å². The summed E-state index contributed by atoms with van der Waals surface area (Å²) in [4.78, 5) is 29.0. The Kier molecular flexibility index (Phi) is 9.02. The first-order valence-electron chi connectivity index (χ1n) is 14.4. The van der Waals surface area contributed by atoms with Crippen LogP contribution in [0, 0.1) is 29.6 Å². The highest BCUT2D eigenvalue weighted by Crippen LogP contribution is 2.51. The van der Waals surface area contributed by atoms with Crippen LogP contribution in [0.1, 0.15) is 71.1 Å². The Morgan fingerprint density at radius 2 is 2.11 bits per heavy atom. The van der Waals surface area contributed by atoms with E-state index in [-0.39, 0.29) is 47.8 Å². The Morgan fingerprint density at radius 1 is 1.24 bits per heavy atom. The highest BCUT2D eigenvalue weighted by molar-refractivity contribution is 7.13. The molecule has 0 bridgehead atoms. The number of piperidine rings is 1. The van der Waals surface area contributed by atoms with Crippen LogP contribution in [0.2, 0.25) is 0 Å². The summed E-state index contributed by atoms with van der Waals surface area (Å²) in [5, 5.41) is 18.7. The largest absolute Gasteiger partial charge is 0.481 e. The van der Waals surface area contributed by atoms with Gasteiger partial charge in [0.05, 0.1) is 24.7 Å². The maximum absolute atomic E-state index is 14.5. The number of carboxylic acids is 1. The number of thiazole rings is 1. The summed E-state index contributed by atoms with van der Waals surface area (Å²) in [5.74, 6) is -1.15. The van der Waals surface area contributed by atoms with E-state index >= 15 is 0 Å². The lowest BCUT2D eigenvalue weighted by atomic mass is 9.57. The van der Waals surface area contributed by atoms with Crippen LogP contribution in [0.5, 0.6) is 0 Å². The maximum atomic E-state index is 14.5. The molecule has 212 valence electrons. The fourth-order valence-corrected chi connectivity index (χ4v) is 8.24. The second-order valence-corrected chi connectivity index (χ2v) is 13.0. The van der Waals surface area contributed by atoms with E-state index in [2.05, 4.69) is 22.5 Å². The van der Waals surface area contributed by atoms with E-state index in [0.29, 0.717) is 36.9 Å². The average Bonchev–Trinajstić information content (AvgIpc) is 3.41. The minimum atomic E-state index is -1.29. The number of nitrogens with zero attached hydrogens (tertiary/aromatic N) is 1. The number of hydrogen-bond acceptors (Lipinski definition) is 7. The molecule has 2 saturated carbocycles. The van der Waals surface area contributed by atoms with Crippen molar-refractivity contribution >= 4 is 28.3 Å². The number of aromatic nitrogens is 1. The number of carboxylic acid groups (broad SMARTS) is 1. The minimum absolute atomic E-state index is 0.00359. The van der Waals surface area contributed by atoms with Gasteiger partial charge < -0.3 is 25.2 Å². The lowest BCUT2D eigenvalue weighted by Gasteiger charge is -2.54. The molecular weight excluding hydrogens is 509 g/mol. The molecule has 3 N–H and O–H groups in total. The van der Waals surface area contributed by atoms with Gasteiger partial charge in [-0.3, -0.25) is 9.59 Å². The third-order valence-corrected chi connectivity index (χ3v) is 10.4. The molecule has 0 radical (unpaired) electrons. The van der Waals surface area contributed by atoms with Gasteiger partial charge in [0.25, 0.3) is 0 Å².